The van der Waals surface area contributed by atoms with Crippen molar-refractivity contribution in [2.75, 3.05) is 0 Å². The lowest BCUT2D eigenvalue weighted by atomic mass is 9.81. The van der Waals surface area contributed by atoms with E-state index in [1.165, 1.54) is 59.5 Å². The van der Waals surface area contributed by atoms with Gasteiger partial charge in [-0.1, -0.05) is 160 Å². The molecule has 5 heteroatoms. The molecule has 6 aromatic carbocycles. The summed E-state index contributed by atoms with van der Waals surface area (Å²) in [5.41, 5.74) is 13.0. The molecule has 4 nitrogen and oxygen atoms in total. The maximum atomic E-state index is 5.00. The van der Waals surface area contributed by atoms with Gasteiger partial charge in [-0.25, -0.2) is 15.0 Å². The normalized spacial score (nSPS) is 13.4. The summed E-state index contributed by atoms with van der Waals surface area (Å²) >= 11 is 1.90. The minimum Gasteiger partial charge on any atom is -0.310 e. The molecule has 0 radical (unpaired) electrons. The molecular formula is C51H42N4S. The molecule has 0 N–H and O–H groups in total. The van der Waals surface area contributed by atoms with Crippen LogP contribution >= 0.6 is 11.8 Å². The van der Waals surface area contributed by atoms with Crippen molar-refractivity contribution in [3.63, 3.8) is 0 Å². The van der Waals surface area contributed by atoms with E-state index in [1.807, 2.05) is 84.6 Å². The van der Waals surface area contributed by atoms with Gasteiger partial charge in [0.15, 0.2) is 11.6 Å². The predicted molar refractivity (Wildman–Crippen MR) is 235 cm³/mol. The van der Waals surface area contributed by atoms with Crippen LogP contribution in [-0.2, 0) is 11.8 Å². The number of allylic oxidation sites excluding steroid dienone is 5. The van der Waals surface area contributed by atoms with Crippen molar-refractivity contribution in [3.05, 3.63) is 192 Å². The lowest BCUT2D eigenvalue weighted by molar-refractivity contribution is 0.646. The van der Waals surface area contributed by atoms with E-state index in [9.17, 15) is 0 Å². The summed E-state index contributed by atoms with van der Waals surface area (Å²) in [6.07, 6.45) is 8.73. The summed E-state index contributed by atoms with van der Waals surface area (Å²) in [5, 5.41) is 2.45. The van der Waals surface area contributed by atoms with E-state index in [4.69, 9.17) is 15.0 Å². The molecule has 2 aromatic heterocycles. The highest BCUT2D eigenvalue weighted by Gasteiger charge is 2.39. The zero-order chi connectivity index (χ0) is 38.4. The molecule has 0 amide bonds. The number of hydrogen-bond donors (Lipinski definition) is 0. The predicted octanol–water partition coefficient (Wildman–Crippen LogP) is 13.2. The highest BCUT2D eigenvalue weighted by atomic mass is 32.2. The molecule has 0 unspecified atom stereocenters. The molecule has 0 fully saturated rings. The monoisotopic (exact) mass is 742 g/mol. The Morgan fingerprint density at radius 2 is 1.34 bits per heavy atom. The molecule has 2 heterocycles. The number of para-hydroxylation sites is 1. The average Bonchev–Trinajstić information content (AvgIpc) is 3.67. The van der Waals surface area contributed by atoms with Crippen LogP contribution in [0.15, 0.2) is 174 Å². The smallest absolute Gasteiger partial charge is 0.163 e. The lowest BCUT2D eigenvalue weighted by Crippen LogP contribution is -2.17. The SMILES string of the molecule is C=C/C=C\C(=C/Cc1nc(-c2ccccc2)nc(-c2ccccc2)n1)n1c2ccccc2c2cc3c(cc21)C(C)(C)c1c-3ccc(C)c1Sc1ccccc1C. The van der Waals surface area contributed by atoms with Crippen molar-refractivity contribution in [1.82, 2.24) is 19.5 Å². The van der Waals surface area contributed by atoms with Crippen LogP contribution in [0.2, 0.25) is 0 Å². The molecule has 1 aliphatic rings. The van der Waals surface area contributed by atoms with Gasteiger partial charge in [-0.3, -0.25) is 0 Å². The van der Waals surface area contributed by atoms with Crippen molar-refractivity contribution in [3.8, 4) is 33.9 Å². The van der Waals surface area contributed by atoms with Gasteiger partial charge >= 0.3 is 0 Å². The fourth-order valence-corrected chi connectivity index (χ4v) is 9.44. The third-order valence-electron chi connectivity index (χ3n) is 11.0. The maximum Gasteiger partial charge on any atom is 0.163 e. The summed E-state index contributed by atoms with van der Waals surface area (Å²) < 4.78 is 2.40. The molecule has 0 saturated heterocycles. The van der Waals surface area contributed by atoms with Gasteiger partial charge in [-0.2, -0.15) is 0 Å². The van der Waals surface area contributed by atoms with Crippen LogP contribution in [-0.4, -0.2) is 19.5 Å². The van der Waals surface area contributed by atoms with E-state index in [0.717, 1.165) is 22.3 Å². The fraction of sp³-hybridized carbons (Fsp3) is 0.118. The molecule has 0 spiro atoms. The molecule has 0 aliphatic heterocycles. The topological polar surface area (TPSA) is 43.6 Å². The van der Waals surface area contributed by atoms with Crippen LogP contribution < -0.4 is 0 Å². The van der Waals surface area contributed by atoms with Crippen molar-refractivity contribution >= 4 is 39.3 Å². The molecule has 56 heavy (non-hydrogen) atoms. The van der Waals surface area contributed by atoms with Crippen molar-refractivity contribution in [2.24, 2.45) is 0 Å². The molecular weight excluding hydrogens is 701 g/mol. The van der Waals surface area contributed by atoms with Gasteiger partial charge in [0.2, 0.25) is 0 Å². The second-order valence-corrected chi connectivity index (χ2v) is 16.0. The molecule has 9 rings (SSSR count). The highest BCUT2D eigenvalue weighted by Crippen LogP contribution is 2.55. The van der Waals surface area contributed by atoms with Gasteiger partial charge in [0.25, 0.3) is 0 Å². The van der Waals surface area contributed by atoms with Crippen LogP contribution in [0.1, 0.15) is 41.9 Å². The van der Waals surface area contributed by atoms with Crippen LogP contribution in [0.4, 0.5) is 0 Å². The zero-order valence-corrected chi connectivity index (χ0v) is 32.9. The first kappa shape index (κ1) is 35.4. The van der Waals surface area contributed by atoms with Crippen molar-refractivity contribution in [2.45, 2.75) is 49.3 Å². The molecule has 8 aromatic rings. The van der Waals surface area contributed by atoms with Crippen molar-refractivity contribution < 1.29 is 0 Å². The third-order valence-corrected chi connectivity index (χ3v) is 12.4. The van der Waals surface area contributed by atoms with Crippen LogP contribution in [0.25, 0.3) is 61.4 Å². The summed E-state index contributed by atoms with van der Waals surface area (Å²) in [6.45, 7) is 13.3. The van der Waals surface area contributed by atoms with E-state index in [2.05, 4.69) is 124 Å². The van der Waals surface area contributed by atoms with Gasteiger partial charge in [0, 0.05) is 49.2 Å². The fourth-order valence-electron chi connectivity index (χ4n) is 8.15. The van der Waals surface area contributed by atoms with Gasteiger partial charge in [0.1, 0.15) is 5.82 Å². The van der Waals surface area contributed by atoms with E-state index < -0.39 is 0 Å². The van der Waals surface area contributed by atoms with Gasteiger partial charge in [-0.05, 0) is 77.6 Å². The number of fused-ring (bicyclic) bond motifs is 6. The molecule has 0 atom stereocenters. The minimum atomic E-state index is -0.218. The van der Waals surface area contributed by atoms with E-state index in [0.29, 0.717) is 23.9 Å². The van der Waals surface area contributed by atoms with Gasteiger partial charge in [0.05, 0.1) is 11.0 Å². The van der Waals surface area contributed by atoms with Crippen LogP contribution in [0, 0.1) is 13.8 Å². The Hall–Kier alpha value is -6.30. The van der Waals surface area contributed by atoms with Gasteiger partial charge < -0.3 is 4.57 Å². The number of benzene rings is 6. The first-order chi connectivity index (χ1) is 27.3. The van der Waals surface area contributed by atoms with E-state index in [1.54, 1.807) is 0 Å². The summed E-state index contributed by atoms with van der Waals surface area (Å²) in [4.78, 5) is 17.6. The van der Waals surface area contributed by atoms with Crippen molar-refractivity contribution in [1.29, 1.82) is 0 Å². The highest BCUT2D eigenvalue weighted by molar-refractivity contribution is 7.99. The molecule has 0 saturated carbocycles. The standard InChI is InChI=1S/C51H42N4S/c1-6-7-23-37(28-30-46-52-49(35-19-10-8-11-20-35)54-50(53-46)36-21-12-9-13-22-36)55-43-25-16-15-24-38(43)41-31-40-39-29-27-34(3)48(56-45-26-17-14-18-33(45)2)47(39)51(4,5)42(40)32-44(41)55/h6-29,31-32H,1,30H2,2-5H3/b23-7-,37-28+. The number of aromatic nitrogens is 4. The Bertz CT molecular complexity index is 2810. The van der Waals surface area contributed by atoms with E-state index >= 15 is 0 Å². The molecule has 0 bridgehead atoms. The Labute approximate surface area is 333 Å². The first-order valence-electron chi connectivity index (χ1n) is 19.1. The van der Waals surface area contributed by atoms with Crippen LogP contribution in [0.3, 0.4) is 0 Å². The Balaban J connectivity index is 1.21. The third kappa shape index (κ3) is 6.18. The number of aryl methyl sites for hydroxylation is 2. The van der Waals surface area contributed by atoms with E-state index in [-0.39, 0.29) is 5.41 Å². The summed E-state index contributed by atoms with van der Waals surface area (Å²) in [6, 6.07) is 47.2. The average molecular weight is 743 g/mol. The number of nitrogens with zero attached hydrogens (tertiary/aromatic N) is 4. The second kappa shape index (κ2) is 14.4. The lowest BCUT2D eigenvalue weighted by Gasteiger charge is -2.25. The Morgan fingerprint density at radius 3 is 2.04 bits per heavy atom. The molecule has 272 valence electrons. The first-order valence-corrected chi connectivity index (χ1v) is 19.9. The van der Waals surface area contributed by atoms with Gasteiger partial charge in [-0.15, -0.1) is 0 Å². The maximum absolute atomic E-state index is 5.00. The summed E-state index contributed by atoms with van der Waals surface area (Å²) in [5.74, 6) is 2.03. The largest absolute Gasteiger partial charge is 0.310 e. The Morgan fingerprint density at radius 1 is 0.679 bits per heavy atom. The zero-order valence-electron chi connectivity index (χ0n) is 32.1. The summed E-state index contributed by atoms with van der Waals surface area (Å²) in [7, 11) is 0. The number of hydrogen-bond acceptors (Lipinski definition) is 4. The minimum absolute atomic E-state index is 0.218. The second-order valence-electron chi connectivity index (χ2n) is 15.0. The Kier molecular flexibility index (Phi) is 9.11. The quantitative estimate of drug-likeness (QED) is 0.138. The van der Waals surface area contributed by atoms with Crippen LogP contribution in [0.5, 0.6) is 0 Å². The number of rotatable bonds is 9. The molecule has 1 aliphatic carbocycles.